The molecule has 1 heterocycles. The Bertz CT molecular complexity index is 272. The van der Waals surface area contributed by atoms with E-state index in [0.717, 1.165) is 38.6 Å². The van der Waals surface area contributed by atoms with E-state index >= 15 is 0 Å². The number of rotatable bonds is 2. The molecule has 1 saturated carbocycles. The number of likely N-dealkylation sites (tertiary alicyclic amines) is 1. The summed E-state index contributed by atoms with van der Waals surface area (Å²) < 4.78 is 0. The molecule has 1 unspecified atom stereocenters. The number of aliphatic hydroxyl groups excluding tert-OH is 1. The molecule has 0 aromatic carbocycles. The van der Waals surface area contributed by atoms with Crippen LogP contribution in [0.1, 0.15) is 70.6 Å². The lowest BCUT2D eigenvalue weighted by atomic mass is 9.89. The maximum absolute atomic E-state index is 12.8. The number of carbonyl (C=O) groups is 1. The lowest BCUT2D eigenvalue weighted by molar-refractivity contribution is -0.139. The number of aliphatic hydroxyl groups is 1. The number of nitrogens with zero attached hydrogens (tertiary/aromatic N) is 1. The van der Waals surface area contributed by atoms with Gasteiger partial charge in [-0.05, 0) is 25.7 Å². The number of hydrogen-bond donors (Lipinski definition) is 1. The van der Waals surface area contributed by atoms with Crippen LogP contribution in [-0.2, 0) is 4.79 Å². The van der Waals surface area contributed by atoms with Crippen molar-refractivity contribution in [2.75, 3.05) is 13.2 Å². The van der Waals surface area contributed by atoms with Crippen LogP contribution in [-0.4, -0.2) is 35.1 Å². The smallest absolute Gasteiger partial charge is 0.226 e. The molecule has 1 aliphatic carbocycles. The fourth-order valence-electron chi connectivity index (χ4n) is 3.59. The third kappa shape index (κ3) is 4.20. The first-order valence-corrected chi connectivity index (χ1v) is 8.24. The number of amides is 1. The molecule has 1 N–H and O–H groups in total. The summed E-state index contributed by atoms with van der Waals surface area (Å²) in [5.74, 6) is 0.565. The van der Waals surface area contributed by atoms with Crippen LogP contribution in [0.15, 0.2) is 0 Å². The Morgan fingerprint density at radius 1 is 0.895 bits per heavy atom. The van der Waals surface area contributed by atoms with Gasteiger partial charge in [-0.2, -0.15) is 0 Å². The monoisotopic (exact) mass is 267 g/mol. The predicted molar refractivity (Wildman–Crippen MR) is 76.9 cm³/mol. The summed E-state index contributed by atoms with van der Waals surface area (Å²) in [5.41, 5.74) is 0. The molecule has 0 aromatic heterocycles. The highest BCUT2D eigenvalue weighted by Gasteiger charge is 2.30. The van der Waals surface area contributed by atoms with Crippen LogP contribution < -0.4 is 0 Å². The largest absolute Gasteiger partial charge is 0.394 e. The molecule has 2 rings (SSSR count). The standard InChI is InChI=1S/C16H29NO2/c18-13-15-11-7-4-8-12-17(15)16(19)14-9-5-2-1-3-6-10-14/h14-15,18H,1-13H2. The molecule has 0 aromatic rings. The average molecular weight is 267 g/mol. The van der Waals surface area contributed by atoms with Crippen molar-refractivity contribution < 1.29 is 9.90 Å². The van der Waals surface area contributed by atoms with Crippen molar-refractivity contribution in [2.24, 2.45) is 5.92 Å². The molecule has 0 bridgehead atoms. The molecular formula is C16H29NO2. The summed E-state index contributed by atoms with van der Waals surface area (Å²) in [6, 6.07) is 0.0837. The van der Waals surface area contributed by atoms with E-state index in [9.17, 15) is 9.90 Å². The summed E-state index contributed by atoms with van der Waals surface area (Å²) in [6.45, 7) is 0.999. The van der Waals surface area contributed by atoms with Gasteiger partial charge in [-0.15, -0.1) is 0 Å². The van der Waals surface area contributed by atoms with Crippen molar-refractivity contribution in [2.45, 2.75) is 76.7 Å². The Morgan fingerprint density at radius 3 is 2.16 bits per heavy atom. The molecule has 110 valence electrons. The molecule has 1 saturated heterocycles. The van der Waals surface area contributed by atoms with E-state index in [1.807, 2.05) is 4.90 Å². The van der Waals surface area contributed by atoms with Gasteiger partial charge in [-0.25, -0.2) is 0 Å². The van der Waals surface area contributed by atoms with Crippen molar-refractivity contribution in [1.29, 1.82) is 0 Å². The maximum atomic E-state index is 12.8. The molecule has 1 aliphatic heterocycles. The highest BCUT2D eigenvalue weighted by molar-refractivity contribution is 5.79. The van der Waals surface area contributed by atoms with Gasteiger partial charge in [0.2, 0.25) is 5.91 Å². The Hall–Kier alpha value is -0.570. The first-order chi connectivity index (χ1) is 9.33. The van der Waals surface area contributed by atoms with Crippen LogP contribution >= 0.6 is 0 Å². The van der Waals surface area contributed by atoms with E-state index < -0.39 is 0 Å². The van der Waals surface area contributed by atoms with E-state index in [1.54, 1.807) is 0 Å². The van der Waals surface area contributed by atoms with Gasteiger partial charge in [0.1, 0.15) is 0 Å². The fourth-order valence-corrected chi connectivity index (χ4v) is 3.59. The Morgan fingerprint density at radius 2 is 1.47 bits per heavy atom. The van der Waals surface area contributed by atoms with E-state index in [-0.39, 0.29) is 18.6 Å². The normalized spacial score (nSPS) is 27.4. The maximum Gasteiger partial charge on any atom is 0.226 e. The van der Waals surface area contributed by atoms with Gasteiger partial charge >= 0.3 is 0 Å². The highest BCUT2D eigenvalue weighted by Crippen LogP contribution is 2.26. The second-order valence-corrected chi connectivity index (χ2v) is 6.26. The third-order valence-corrected chi connectivity index (χ3v) is 4.83. The van der Waals surface area contributed by atoms with Gasteiger partial charge in [-0.1, -0.05) is 44.9 Å². The number of hydrogen-bond acceptors (Lipinski definition) is 2. The van der Waals surface area contributed by atoms with Crippen molar-refractivity contribution in [3.05, 3.63) is 0 Å². The minimum atomic E-state index is 0.0837. The fraction of sp³-hybridized carbons (Fsp3) is 0.938. The zero-order valence-electron chi connectivity index (χ0n) is 12.1. The summed E-state index contributed by atoms with van der Waals surface area (Å²) in [4.78, 5) is 14.8. The molecule has 19 heavy (non-hydrogen) atoms. The van der Waals surface area contributed by atoms with Crippen molar-refractivity contribution >= 4 is 5.91 Å². The van der Waals surface area contributed by atoms with E-state index in [2.05, 4.69) is 0 Å². The topological polar surface area (TPSA) is 40.5 Å². The Balaban J connectivity index is 1.97. The SMILES string of the molecule is O=C(C1CCCCCCC1)N1CCCCCC1CO. The van der Waals surface area contributed by atoms with Gasteiger partial charge in [0.15, 0.2) is 0 Å². The Labute approximate surface area is 117 Å². The summed E-state index contributed by atoms with van der Waals surface area (Å²) in [5, 5.41) is 9.54. The zero-order chi connectivity index (χ0) is 13.5. The van der Waals surface area contributed by atoms with E-state index in [0.29, 0.717) is 5.91 Å². The van der Waals surface area contributed by atoms with Gasteiger partial charge in [0.25, 0.3) is 0 Å². The van der Waals surface area contributed by atoms with Crippen molar-refractivity contribution in [3.8, 4) is 0 Å². The second kappa shape index (κ2) is 7.88. The predicted octanol–water partition coefficient (Wildman–Crippen LogP) is 3.11. The molecule has 0 spiro atoms. The lowest BCUT2D eigenvalue weighted by Gasteiger charge is -2.32. The van der Waals surface area contributed by atoms with Crippen LogP contribution in [0.4, 0.5) is 0 Å². The molecule has 1 atom stereocenters. The molecule has 3 nitrogen and oxygen atoms in total. The lowest BCUT2D eigenvalue weighted by Crippen LogP contribution is -2.45. The van der Waals surface area contributed by atoms with E-state index in [4.69, 9.17) is 0 Å². The van der Waals surface area contributed by atoms with Crippen LogP contribution in [0.5, 0.6) is 0 Å². The van der Waals surface area contributed by atoms with Gasteiger partial charge in [-0.3, -0.25) is 4.79 Å². The summed E-state index contributed by atoms with van der Waals surface area (Å²) in [6.07, 6.45) is 12.9. The van der Waals surface area contributed by atoms with Crippen LogP contribution in [0.25, 0.3) is 0 Å². The van der Waals surface area contributed by atoms with Crippen LogP contribution in [0, 0.1) is 5.92 Å². The minimum Gasteiger partial charge on any atom is -0.394 e. The average Bonchev–Trinajstić information content (AvgIpc) is 2.62. The number of carbonyl (C=O) groups excluding carboxylic acids is 1. The summed E-state index contributed by atoms with van der Waals surface area (Å²) in [7, 11) is 0. The van der Waals surface area contributed by atoms with Crippen molar-refractivity contribution in [1.82, 2.24) is 4.90 Å². The molecule has 0 radical (unpaired) electrons. The van der Waals surface area contributed by atoms with Crippen LogP contribution in [0.3, 0.4) is 0 Å². The zero-order valence-corrected chi connectivity index (χ0v) is 12.1. The van der Waals surface area contributed by atoms with Crippen molar-refractivity contribution in [3.63, 3.8) is 0 Å². The molecule has 1 amide bonds. The molecule has 2 aliphatic rings. The Kier molecular flexibility index (Phi) is 6.15. The molecule has 3 heteroatoms. The van der Waals surface area contributed by atoms with Gasteiger partial charge in [0.05, 0.1) is 12.6 Å². The van der Waals surface area contributed by atoms with Crippen LogP contribution in [0.2, 0.25) is 0 Å². The quantitative estimate of drug-likeness (QED) is 0.835. The first kappa shape index (κ1) is 14.8. The third-order valence-electron chi connectivity index (χ3n) is 4.83. The van der Waals surface area contributed by atoms with Gasteiger partial charge in [0, 0.05) is 12.5 Å². The minimum absolute atomic E-state index is 0.0837. The highest BCUT2D eigenvalue weighted by atomic mass is 16.3. The first-order valence-electron chi connectivity index (χ1n) is 8.24. The summed E-state index contributed by atoms with van der Waals surface area (Å²) >= 11 is 0. The second-order valence-electron chi connectivity index (χ2n) is 6.26. The van der Waals surface area contributed by atoms with E-state index in [1.165, 1.54) is 38.5 Å². The molecule has 2 fully saturated rings. The van der Waals surface area contributed by atoms with Gasteiger partial charge < -0.3 is 10.0 Å². The molecular weight excluding hydrogens is 238 g/mol.